The summed E-state index contributed by atoms with van der Waals surface area (Å²) in [5, 5.41) is 4.56. The van der Waals surface area contributed by atoms with Crippen LogP contribution in [0.2, 0.25) is 0 Å². The summed E-state index contributed by atoms with van der Waals surface area (Å²) in [5.74, 6) is -2.62. The fourth-order valence-electron chi connectivity index (χ4n) is 3.25. The average Bonchev–Trinajstić information content (AvgIpc) is 2.83. The summed E-state index contributed by atoms with van der Waals surface area (Å²) < 4.78 is 19.3. The van der Waals surface area contributed by atoms with Gasteiger partial charge in [-0.2, -0.15) is 0 Å². The number of ether oxygens (including phenoxy) is 1. The Balaban J connectivity index is 1.54. The first kappa shape index (κ1) is 22.4. The molecule has 34 heavy (non-hydrogen) atoms. The molecule has 1 fully saturated rings. The Kier molecular flexibility index (Phi) is 6.45. The summed E-state index contributed by atoms with van der Waals surface area (Å²) in [6.07, 6.45) is 1.28. The van der Waals surface area contributed by atoms with Crippen molar-refractivity contribution in [1.82, 2.24) is 5.32 Å². The van der Waals surface area contributed by atoms with Gasteiger partial charge in [-0.15, -0.1) is 0 Å². The molecule has 0 saturated carbocycles. The van der Waals surface area contributed by atoms with Gasteiger partial charge < -0.3 is 10.1 Å². The van der Waals surface area contributed by atoms with Gasteiger partial charge in [-0.25, -0.2) is 14.1 Å². The van der Waals surface area contributed by atoms with Crippen LogP contribution in [0.1, 0.15) is 5.56 Å². The number of barbiturate groups is 1. The first-order chi connectivity index (χ1) is 16.4. The molecule has 0 radical (unpaired) electrons. The summed E-state index contributed by atoms with van der Waals surface area (Å²) in [4.78, 5) is 50.8. The Morgan fingerprint density at radius 1 is 0.941 bits per heavy atom. The molecular formula is C25H18FN3O5. The second kappa shape index (κ2) is 9.78. The minimum Gasteiger partial charge on any atom is -0.483 e. The number of urea groups is 1. The smallest absolute Gasteiger partial charge is 0.335 e. The summed E-state index contributed by atoms with van der Waals surface area (Å²) in [7, 11) is 0. The van der Waals surface area contributed by atoms with Crippen molar-refractivity contribution in [1.29, 1.82) is 0 Å². The Morgan fingerprint density at radius 2 is 1.62 bits per heavy atom. The Hall–Kier alpha value is -4.79. The molecule has 0 bridgehead atoms. The van der Waals surface area contributed by atoms with Crippen molar-refractivity contribution in [3.63, 3.8) is 0 Å². The fraction of sp³-hybridized carbons (Fsp3) is 0.0400. The number of para-hydroxylation sites is 3. The van der Waals surface area contributed by atoms with Gasteiger partial charge in [0.2, 0.25) is 0 Å². The number of nitrogens with zero attached hydrogens (tertiary/aromatic N) is 1. The SMILES string of the molecule is O=C(COc1ccccc1/C=C1/C(=O)NC(=O)N(c2ccccc2)C1=O)Nc1ccccc1F. The van der Waals surface area contributed by atoms with Gasteiger partial charge in [0.15, 0.2) is 6.61 Å². The van der Waals surface area contributed by atoms with Crippen LogP contribution in [0, 0.1) is 5.82 Å². The van der Waals surface area contributed by atoms with Crippen LogP contribution in [0.25, 0.3) is 6.08 Å². The fourth-order valence-corrected chi connectivity index (χ4v) is 3.25. The molecular weight excluding hydrogens is 441 g/mol. The molecule has 170 valence electrons. The number of hydrogen-bond donors (Lipinski definition) is 2. The lowest BCUT2D eigenvalue weighted by Gasteiger charge is -2.26. The summed E-state index contributed by atoms with van der Waals surface area (Å²) in [6.45, 7) is -0.441. The van der Waals surface area contributed by atoms with Crippen molar-refractivity contribution in [2.24, 2.45) is 0 Å². The Morgan fingerprint density at radius 3 is 2.38 bits per heavy atom. The van der Waals surface area contributed by atoms with Gasteiger partial charge in [-0.1, -0.05) is 48.5 Å². The molecule has 4 rings (SSSR count). The zero-order valence-electron chi connectivity index (χ0n) is 17.7. The number of nitrogens with one attached hydrogen (secondary N) is 2. The number of amides is 5. The van der Waals surface area contributed by atoms with Gasteiger partial charge in [0.05, 0.1) is 11.4 Å². The number of carbonyl (C=O) groups is 4. The molecule has 8 nitrogen and oxygen atoms in total. The van der Waals surface area contributed by atoms with Crippen molar-refractivity contribution in [2.45, 2.75) is 0 Å². The molecule has 0 spiro atoms. The summed E-state index contributed by atoms with van der Waals surface area (Å²) >= 11 is 0. The van der Waals surface area contributed by atoms with E-state index >= 15 is 0 Å². The lowest BCUT2D eigenvalue weighted by molar-refractivity contribution is -0.122. The van der Waals surface area contributed by atoms with Gasteiger partial charge in [-0.3, -0.25) is 19.7 Å². The second-order valence-electron chi connectivity index (χ2n) is 7.15. The van der Waals surface area contributed by atoms with E-state index in [1.165, 1.54) is 24.3 Å². The number of halogens is 1. The molecule has 2 N–H and O–H groups in total. The van der Waals surface area contributed by atoms with Crippen molar-refractivity contribution in [3.05, 3.63) is 95.8 Å². The molecule has 5 amide bonds. The highest BCUT2D eigenvalue weighted by Crippen LogP contribution is 2.25. The lowest BCUT2D eigenvalue weighted by Crippen LogP contribution is -2.54. The maximum atomic E-state index is 13.7. The normalized spacial score (nSPS) is 14.7. The third kappa shape index (κ3) is 4.83. The standard InChI is InChI=1S/C25H18FN3O5/c26-19-11-5-6-12-20(19)27-22(30)15-34-21-13-7-4-8-16(21)14-18-23(31)28-25(33)29(24(18)32)17-9-2-1-3-10-17/h1-14H,15H2,(H,27,30)(H,28,31,33)/b18-14-. The predicted molar refractivity (Wildman–Crippen MR) is 122 cm³/mol. The van der Waals surface area contributed by atoms with Crippen LogP contribution in [0.4, 0.5) is 20.6 Å². The van der Waals surface area contributed by atoms with Gasteiger partial charge in [0.25, 0.3) is 17.7 Å². The van der Waals surface area contributed by atoms with E-state index < -0.39 is 36.2 Å². The van der Waals surface area contributed by atoms with Crippen molar-refractivity contribution in [2.75, 3.05) is 16.8 Å². The molecule has 3 aromatic carbocycles. The highest BCUT2D eigenvalue weighted by atomic mass is 19.1. The van der Waals surface area contributed by atoms with E-state index in [0.29, 0.717) is 11.3 Å². The molecule has 1 aliphatic rings. The van der Waals surface area contributed by atoms with Crippen LogP contribution in [0.5, 0.6) is 5.75 Å². The van der Waals surface area contributed by atoms with Crippen LogP contribution in [0.15, 0.2) is 84.4 Å². The van der Waals surface area contributed by atoms with E-state index in [9.17, 15) is 23.6 Å². The maximum Gasteiger partial charge on any atom is 0.335 e. The molecule has 1 heterocycles. The zero-order chi connectivity index (χ0) is 24.1. The first-order valence-corrected chi connectivity index (χ1v) is 10.2. The minimum absolute atomic E-state index is 0.0154. The van der Waals surface area contributed by atoms with Crippen molar-refractivity contribution < 1.29 is 28.3 Å². The molecule has 0 atom stereocenters. The first-order valence-electron chi connectivity index (χ1n) is 10.2. The van der Waals surface area contributed by atoms with Crippen LogP contribution < -0.4 is 20.3 Å². The molecule has 0 aliphatic carbocycles. The van der Waals surface area contributed by atoms with E-state index in [1.54, 1.807) is 60.7 Å². The molecule has 3 aromatic rings. The largest absolute Gasteiger partial charge is 0.483 e. The minimum atomic E-state index is -0.854. The van der Waals surface area contributed by atoms with Gasteiger partial charge in [0, 0.05) is 5.56 Å². The van der Waals surface area contributed by atoms with Crippen molar-refractivity contribution in [3.8, 4) is 5.75 Å². The average molecular weight is 459 g/mol. The third-order valence-corrected chi connectivity index (χ3v) is 4.84. The van der Waals surface area contributed by atoms with Crippen molar-refractivity contribution >= 4 is 41.2 Å². The van der Waals surface area contributed by atoms with E-state index in [2.05, 4.69) is 10.6 Å². The number of hydrogen-bond acceptors (Lipinski definition) is 5. The van der Waals surface area contributed by atoms with Crippen LogP contribution in [0.3, 0.4) is 0 Å². The number of benzene rings is 3. The van der Waals surface area contributed by atoms with Gasteiger partial charge >= 0.3 is 6.03 Å². The van der Waals surface area contributed by atoms with Crippen LogP contribution in [-0.2, 0) is 14.4 Å². The Bertz CT molecular complexity index is 1310. The van der Waals surface area contributed by atoms with E-state index in [-0.39, 0.29) is 17.0 Å². The topological polar surface area (TPSA) is 105 Å². The number of carbonyl (C=O) groups excluding carboxylic acids is 4. The molecule has 0 aromatic heterocycles. The number of imide groups is 2. The molecule has 1 saturated heterocycles. The molecule has 9 heteroatoms. The highest BCUT2D eigenvalue weighted by molar-refractivity contribution is 6.39. The maximum absolute atomic E-state index is 13.7. The second-order valence-corrected chi connectivity index (χ2v) is 7.15. The third-order valence-electron chi connectivity index (χ3n) is 4.84. The monoisotopic (exact) mass is 459 g/mol. The highest BCUT2D eigenvalue weighted by Gasteiger charge is 2.36. The Labute approximate surface area is 193 Å². The van der Waals surface area contributed by atoms with Crippen LogP contribution in [-0.4, -0.2) is 30.4 Å². The quantitative estimate of drug-likeness (QED) is 0.434. The predicted octanol–water partition coefficient (Wildman–Crippen LogP) is 3.51. The van der Waals surface area contributed by atoms with E-state index in [1.807, 2.05) is 0 Å². The summed E-state index contributed by atoms with van der Waals surface area (Å²) in [5.41, 5.74) is 0.372. The molecule has 0 unspecified atom stereocenters. The zero-order valence-corrected chi connectivity index (χ0v) is 17.7. The number of anilines is 2. The summed E-state index contributed by atoms with van der Waals surface area (Å²) in [6, 6.07) is 19.5. The van der Waals surface area contributed by atoms with Crippen LogP contribution >= 0.6 is 0 Å². The van der Waals surface area contributed by atoms with E-state index in [0.717, 1.165) is 4.90 Å². The van der Waals surface area contributed by atoms with Gasteiger partial charge in [0.1, 0.15) is 17.1 Å². The number of rotatable bonds is 6. The van der Waals surface area contributed by atoms with E-state index in [4.69, 9.17) is 4.74 Å². The van der Waals surface area contributed by atoms with Gasteiger partial charge in [-0.05, 0) is 36.4 Å². The lowest BCUT2D eigenvalue weighted by atomic mass is 10.1. The molecule has 1 aliphatic heterocycles.